The standard InChI is InChI=1S/C15H21N3O2/c1-9(2)11-6-7-14(17-18-15(16)19)13-8-10(20-3)4-5-12(11)13/h4-5,8-9,11H,6-7H2,1-3H3,(H3,16,18,19). The molecular weight excluding hydrogens is 254 g/mol. The number of carbonyl (C=O) groups excluding carboxylic acids is 1. The summed E-state index contributed by atoms with van der Waals surface area (Å²) in [5, 5.41) is 4.13. The molecule has 0 saturated heterocycles. The van der Waals surface area contributed by atoms with E-state index in [1.165, 1.54) is 5.56 Å². The van der Waals surface area contributed by atoms with Crippen molar-refractivity contribution in [2.24, 2.45) is 16.8 Å². The average Bonchev–Trinajstić information content (AvgIpc) is 2.43. The van der Waals surface area contributed by atoms with Crippen molar-refractivity contribution in [2.45, 2.75) is 32.6 Å². The predicted molar refractivity (Wildman–Crippen MR) is 79.1 cm³/mol. The number of ether oxygens (including phenoxy) is 1. The monoisotopic (exact) mass is 275 g/mol. The van der Waals surface area contributed by atoms with E-state index in [0.717, 1.165) is 29.9 Å². The number of methoxy groups -OCH3 is 1. The second-order valence-electron chi connectivity index (χ2n) is 5.38. The third kappa shape index (κ3) is 2.92. The van der Waals surface area contributed by atoms with Crippen LogP contribution < -0.4 is 15.9 Å². The van der Waals surface area contributed by atoms with Crippen LogP contribution in [0.25, 0.3) is 0 Å². The van der Waals surface area contributed by atoms with Crippen LogP contribution in [0.5, 0.6) is 5.75 Å². The Bertz CT molecular complexity index is 538. The summed E-state index contributed by atoms with van der Waals surface area (Å²) >= 11 is 0. The molecule has 5 nitrogen and oxygen atoms in total. The summed E-state index contributed by atoms with van der Waals surface area (Å²) in [6.07, 6.45) is 1.85. The Balaban J connectivity index is 2.44. The smallest absolute Gasteiger partial charge is 0.332 e. The number of urea groups is 1. The summed E-state index contributed by atoms with van der Waals surface area (Å²) < 4.78 is 5.28. The molecule has 0 aliphatic heterocycles. The topological polar surface area (TPSA) is 76.7 Å². The van der Waals surface area contributed by atoms with Gasteiger partial charge < -0.3 is 10.5 Å². The molecule has 1 aromatic rings. The first-order chi connectivity index (χ1) is 9.52. The van der Waals surface area contributed by atoms with Crippen molar-refractivity contribution in [2.75, 3.05) is 7.11 Å². The Morgan fingerprint density at radius 2 is 2.25 bits per heavy atom. The zero-order valence-corrected chi connectivity index (χ0v) is 12.1. The van der Waals surface area contributed by atoms with E-state index in [2.05, 4.69) is 30.4 Å². The molecule has 0 bridgehead atoms. The van der Waals surface area contributed by atoms with Gasteiger partial charge in [0.15, 0.2) is 0 Å². The maximum Gasteiger partial charge on any atom is 0.332 e. The fourth-order valence-electron chi connectivity index (χ4n) is 2.75. The number of nitrogens with one attached hydrogen (secondary N) is 1. The number of rotatable bonds is 3. The number of nitrogens with two attached hydrogens (primary N) is 1. The third-order valence-electron chi connectivity index (χ3n) is 3.77. The van der Waals surface area contributed by atoms with E-state index in [9.17, 15) is 4.79 Å². The SMILES string of the molecule is COc1ccc2c(c1)C(=NNC(N)=O)CCC2C(C)C. The van der Waals surface area contributed by atoms with Crippen LogP contribution in [-0.4, -0.2) is 18.9 Å². The number of nitrogens with zero attached hydrogens (tertiary/aromatic N) is 1. The first-order valence-electron chi connectivity index (χ1n) is 6.83. The molecule has 1 unspecified atom stereocenters. The zero-order chi connectivity index (χ0) is 14.7. The minimum Gasteiger partial charge on any atom is -0.497 e. The van der Waals surface area contributed by atoms with Crippen molar-refractivity contribution in [3.05, 3.63) is 29.3 Å². The second kappa shape index (κ2) is 5.94. The Morgan fingerprint density at radius 1 is 1.50 bits per heavy atom. The molecule has 20 heavy (non-hydrogen) atoms. The molecule has 1 aliphatic carbocycles. The fraction of sp³-hybridized carbons (Fsp3) is 0.467. The molecule has 108 valence electrons. The van der Waals surface area contributed by atoms with Gasteiger partial charge in [-0.1, -0.05) is 19.9 Å². The Labute approximate surface area is 119 Å². The zero-order valence-electron chi connectivity index (χ0n) is 12.1. The van der Waals surface area contributed by atoms with E-state index < -0.39 is 6.03 Å². The number of carbonyl (C=O) groups is 1. The minimum absolute atomic E-state index is 0.503. The molecule has 1 atom stereocenters. The van der Waals surface area contributed by atoms with Crippen LogP contribution >= 0.6 is 0 Å². The van der Waals surface area contributed by atoms with Gasteiger partial charge in [0.1, 0.15) is 5.75 Å². The van der Waals surface area contributed by atoms with Gasteiger partial charge in [0, 0.05) is 5.56 Å². The van der Waals surface area contributed by atoms with E-state index >= 15 is 0 Å². The summed E-state index contributed by atoms with van der Waals surface area (Å²) in [6, 6.07) is 5.40. The Kier molecular flexibility index (Phi) is 4.27. The van der Waals surface area contributed by atoms with Crippen LogP contribution in [0.15, 0.2) is 23.3 Å². The Hall–Kier alpha value is -2.04. The lowest BCUT2D eigenvalue weighted by atomic mass is 9.76. The van der Waals surface area contributed by atoms with E-state index in [-0.39, 0.29) is 0 Å². The number of fused-ring (bicyclic) bond motifs is 1. The molecule has 0 radical (unpaired) electrons. The van der Waals surface area contributed by atoms with Gasteiger partial charge in [0.25, 0.3) is 0 Å². The van der Waals surface area contributed by atoms with Gasteiger partial charge in [-0.3, -0.25) is 0 Å². The van der Waals surface area contributed by atoms with E-state index in [0.29, 0.717) is 11.8 Å². The van der Waals surface area contributed by atoms with Gasteiger partial charge >= 0.3 is 6.03 Å². The van der Waals surface area contributed by atoms with Crippen molar-refractivity contribution in [1.29, 1.82) is 0 Å². The highest BCUT2D eigenvalue weighted by Crippen LogP contribution is 2.38. The first kappa shape index (κ1) is 14.4. The number of benzene rings is 1. The van der Waals surface area contributed by atoms with Crippen LogP contribution in [0.2, 0.25) is 0 Å². The first-order valence-corrected chi connectivity index (χ1v) is 6.83. The van der Waals surface area contributed by atoms with Crippen molar-refractivity contribution >= 4 is 11.7 Å². The largest absolute Gasteiger partial charge is 0.497 e. The van der Waals surface area contributed by atoms with Gasteiger partial charge in [-0.25, -0.2) is 10.2 Å². The van der Waals surface area contributed by atoms with Crippen LogP contribution in [0.1, 0.15) is 43.7 Å². The molecule has 0 heterocycles. The highest BCUT2D eigenvalue weighted by molar-refractivity contribution is 6.03. The molecule has 0 saturated carbocycles. The van der Waals surface area contributed by atoms with Crippen molar-refractivity contribution in [3.8, 4) is 5.75 Å². The normalized spacial score (nSPS) is 19.8. The van der Waals surface area contributed by atoms with E-state index in [1.807, 2.05) is 12.1 Å². The summed E-state index contributed by atoms with van der Waals surface area (Å²) in [4.78, 5) is 10.8. The molecule has 1 aliphatic rings. The average molecular weight is 275 g/mol. The molecule has 2 amide bonds. The maximum atomic E-state index is 10.8. The van der Waals surface area contributed by atoms with Gasteiger partial charge in [-0.05, 0) is 42.4 Å². The van der Waals surface area contributed by atoms with Gasteiger partial charge in [-0.2, -0.15) is 5.10 Å². The number of hydrogen-bond acceptors (Lipinski definition) is 3. The van der Waals surface area contributed by atoms with Crippen molar-refractivity contribution < 1.29 is 9.53 Å². The predicted octanol–water partition coefficient (Wildman–Crippen LogP) is 2.60. The van der Waals surface area contributed by atoms with Crippen molar-refractivity contribution in [3.63, 3.8) is 0 Å². The number of amides is 2. The van der Waals surface area contributed by atoms with Crippen molar-refractivity contribution in [1.82, 2.24) is 5.43 Å². The number of hydrogen-bond donors (Lipinski definition) is 2. The lowest BCUT2D eigenvalue weighted by Crippen LogP contribution is -2.28. The van der Waals surface area contributed by atoms with E-state index in [1.54, 1.807) is 7.11 Å². The molecule has 5 heteroatoms. The van der Waals surface area contributed by atoms with Gasteiger partial charge in [0.05, 0.1) is 12.8 Å². The van der Waals surface area contributed by atoms with Crippen LogP contribution in [-0.2, 0) is 0 Å². The maximum absolute atomic E-state index is 10.8. The highest BCUT2D eigenvalue weighted by atomic mass is 16.5. The van der Waals surface area contributed by atoms with Crippen LogP contribution in [0.3, 0.4) is 0 Å². The third-order valence-corrected chi connectivity index (χ3v) is 3.77. The highest BCUT2D eigenvalue weighted by Gasteiger charge is 2.27. The molecule has 0 aromatic heterocycles. The molecule has 0 spiro atoms. The number of primary amides is 1. The summed E-state index contributed by atoms with van der Waals surface area (Å²) in [7, 11) is 1.64. The van der Waals surface area contributed by atoms with Crippen LogP contribution in [0.4, 0.5) is 4.79 Å². The second-order valence-corrected chi connectivity index (χ2v) is 5.38. The summed E-state index contributed by atoms with van der Waals surface area (Å²) in [5.41, 5.74) is 10.6. The Morgan fingerprint density at radius 3 is 2.85 bits per heavy atom. The van der Waals surface area contributed by atoms with Gasteiger partial charge in [-0.15, -0.1) is 0 Å². The fourth-order valence-corrected chi connectivity index (χ4v) is 2.75. The number of hydrazone groups is 1. The summed E-state index contributed by atoms with van der Waals surface area (Å²) in [5.74, 6) is 1.86. The lowest BCUT2D eigenvalue weighted by molar-refractivity contribution is 0.249. The van der Waals surface area contributed by atoms with Gasteiger partial charge in [0.2, 0.25) is 0 Å². The van der Waals surface area contributed by atoms with E-state index in [4.69, 9.17) is 10.5 Å². The molecule has 2 rings (SSSR count). The molecule has 1 aromatic carbocycles. The summed E-state index contributed by atoms with van der Waals surface area (Å²) in [6.45, 7) is 4.45. The minimum atomic E-state index is -0.645. The molecule has 3 N–H and O–H groups in total. The quantitative estimate of drug-likeness (QED) is 0.832. The molecular formula is C15H21N3O2. The molecule has 0 fully saturated rings. The lowest BCUT2D eigenvalue weighted by Gasteiger charge is -2.29. The van der Waals surface area contributed by atoms with Crippen LogP contribution in [0, 0.1) is 5.92 Å².